The van der Waals surface area contributed by atoms with Crippen LogP contribution in [0, 0.1) is 0 Å². The Labute approximate surface area is 102 Å². The molecule has 0 amide bonds. The molecule has 1 atom stereocenters. The minimum absolute atomic E-state index is 0.253. The summed E-state index contributed by atoms with van der Waals surface area (Å²) in [6.45, 7) is 2.03. The van der Waals surface area contributed by atoms with Gasteiger partial charge in [0.25, 0.3) is 0 Å². The monoisotopic (exact) mass is 284 g/mol. The number of hydrogen-bond donors (Lipinski definition) is 1. The van der Waals surface area contributed by atoms with E-state index in [4.69, 9.17) is 5.73 Å². The fourth-order valence-electron chi connectivity index (χ4n) is 1.41. The molecule has 0 saturated carbocycles. The van der Waals surface area contributed by atoms with Crippen molar-refractivity contribution in [3.63, 3.8) is 0 Å². The van der Waals surface area contributed by atoms with Gasteiger partial charge in [0, 0.05) is 16.9 Å². The summed E-state index contributed by atoms with van der Waals surface area (Å²) in [5.41, 5.74) is 6.81. The second kappa shape index (κ2) is 4.60. The molecule has 0 saturated heterocycles. The first kappa shape index (κ1) is 11.0. The number of nitrogens with two attached hydrogens (primary N) is 1. The Balaban J connectivity index is 2.23. The molecule has 1 heterocycles. The minimum atomic E-state index is 0.253. The highest BCUT2D eigenvalue weighted by Gasteiger charge is 2.05. The molecule has 1 unspecified atom stereocenters. The standard InChI is InChI=1S/C11H13BrN2S/c1-7(13)2-5-11-14-9-6-8(12)3-4-10(9)15-11/h3-4,6-7H,2,5,13H2,1H3. The van der Waals surface area contributed by atoms with E-state index in [1.807, 2.05) is 6.92 Å². The third-order valence-corrected chi connectivity index (χ3v) is 3.80. The van der Waals surface area contributed by atoms with Crippen molar-refractivity contribution in [2.45, 2.75) is 25.8 Å². The summed E-state index contributed by atoms with van der Waals surface area (Å²) in [4.78, 5) is 4.58. The second-order valence-corrected chi connectivity index (χ2v) is 5.77. The van der Waals surface area contributed by atoms with Gasteiger partial charge in [-0.25, -0.2) is 4.98 Å². The van der Waals surface area contributed by atoms with Gasteiger partial charge in [-0.05, 0) is 31.5 Å². The maximum atomic E-state index is 5.73. The van der Waals surface area contributed by atoms with E-state index in [0.717, 1.165) is 22.8 Å². The zero-order valence-corrected chi connectivity index (χ0v) is 10.9. The first-order chi connectivity index (χ1) is 7.15. The van der Waals surface area contributed by atoms with Crippen LogP contribution in [-0.2, 0) is 6.42 Å². The summed E-state index contributed by atoms with van der Waals surface area (Å²) in [5, 5.41) is 1.18. The lowest BCUT2D eigenvalue weighted by atomic mass is 10.2. The number of hydrogen-bond acceptors (Lipinski definition) is 3. The molecule has 0 radical (unpaired) electrons. The van der Waals surface area contributed by atoms with Gasteiger partial charge >= 0.3 is 0 Å². The molecule has 2 N–H and O–H groups in total. The van der Waals surface area contributed by atoms with Gasteiger partial charge in [-0.15, -0.1) is 11.3 Å². The van der Waals surface area contributed by atoms with Crippen LogP contribution < -0.4 is 5.73 Å². The van der Waals surface area contributed by atoms with Gasteiger partial charge in [-0.1, -0.05) is 15.9 Å². The highest BCUT2D eigenvalue weighted by atomic mass is 79.9. The molecule has 2 nitrogen and oxygen atoms in total. The summed E-state index contributed by atoms with van der Waals surface area (Å²) >= 11 is 5.21. The van der Waals surface area contributed by atoms with Crippen molar-refractivity contribution in [2.24, 2.45) is 5.73 Å². The second-order valence-electron chi connectivity index (χ2n) is 3.74. The lowest BCUT2D eigenvalue weighted by Crippen LogP contribution is -2.15. The molecule has 0 spiro atoms. The average molecular weight is 285 g/mol. The predicted octanol–water partition coefficient (Wildman–Crippen LogP) is 3.34. The third-order valence-electron chi connectivity index (χ3n) is 2.21. The van der Waals surface area contributed by atoms with Gasteiger partial charge in [-0.2, -0.15) is 0 Å². The molecule has 0 fully saturated rings. The molecule has 0 aliphatic rings. The normalized spacial score (nSPS) is 13.3. The van der Waals surface area contributed by atoms with Crippen molar-refractivity contribution < 1.29 is 0 Å². The van der Waals surface area contributed by atoms with Crippen LogP contribution in [0.2, 0.25) is 0 Å². The van der Waals surface area contributed by atoms with Crippen LogP contribution >= 0.6 is 27.3 Å². The zero-order valence-electron chi connectivity index (χ0n) is 8.53. The molecule has 1 aromatic carbocycles. The van der Waals surface area contributed by atoms with Gasteiger partial charge in [0.1, 0.15) is 0 Å². The number of thiazole rings is 1. The number of aromatic nitrogens is 1. The Kier molecular flexibility index (Phi) is 3.38. The Bertz CT molecular complexity index is 465. The van der Waals surface area contributed by atoms with Crippen LogP contribution in [0.3, 0.4) is 0 Å². The lowest BCUT2D eigenvalue weighted by Gasteiger charge is -2.00. The number of fused-ring (bicyclic) bond motifs is 1. The van der Waals surface area contributed by atoms with Crippen LogP contribution in [-0.4, -0.2) is 11.0 Å². The Morgan fingerprint density at radius 2 is 2.33 bits per heavy atom. The number of benzene rings is 1. The van der Waals surface area contributed by atoms with Crippen LogP contribution in [0.1, 0.15) is 18.4 Å². The highest BCUT2D eigenvalue weighted by molar-refractivity contribution is 9.10. The van der Waals surface area contributed by atoms with Crippen LogP contribution in [0.25, 0.3) is 10.2 Å². The predicted molar refractivity (Wildman–Crippen MR) is 69.3 cm³/mol. The SMILES string of the molecule is CC(N)CCc1nc2cc(Br)ccc2s1. The smallest absolute Gasteiger partial charge is 0.0939 e. The van der Waals surface area contributed by atoms with Crippen LogP contribution in [0.4, 0.5) is 0 Å². The number of nitrogens with zero attached hydrogens (tertiary/aromatic N) is 1. The van der Waals surface area contributed by atoms with Crippen LogP contribution in [0.5, 0.6) is 0 Å². The third kappa shape index (κ3) is 2.77. The molecule has 80 valence electrons. The number of aryl methyl sites for hydroxylation is 1. The number of rotatable bonds is 3. The van der Waals surface area contributed by atoms with E-state index in [1.165, 1.54) is 9.71 Å². The van der Waals surface area contributed by atoms with E-state index in [9.17, 15) is 0 Å². The number of halogens is 1. The van der Waals surface area contributed by atoms with Gasteiger partial charge in [0.05, 0.1) is 15.2 Å². The zero-order chi connectivity index (χ0) is 10.8. The van der Waals surface area contributed by atoms with E-state index in [2.05, 4.69) is 39.1 Å². The van der Waals surface area contributed by atoms with E-state index < -0.39 is 0 Å². The van der Waals surface area contributed by atoms with Crippen molar-refractivity contribution in [3.8, 4) is 0 Å². The molecule has 15 heavy (non-hydrogen) atoms. The first-order valence-corrected chi connectivity index (χ1v) is 6.56. The van der Waals surface area contributed by atoms with Crippen molar-refractivity contribution in [1.29, 1.82) is 0 Å². The summed E-state index contributed by atoms with van der Waals surface area (Å²) in [5.74, 6) is 0. The van der Waals surface area contributed by atoms with Crippen molar-refractivity contribution >= 4 is 37.5 Å². The summed E-state index contributed by atoms with van der Waals surface area (Å²) in [6.07, 6.45) is 1.98. The van der Waals surface area contributed by atoms with E-state index in [1.54, 1.807) is 11.3 Å². The molecule has 2 aromatic rings. The minimum Gasteiger partial charge on any atom is -0.328 e. The van der Waals surface area contributed by atoms with E-state index >= 15 is 0 Å². The summed E-state index contributed by atoms with van der Waals surface area (Å²) in [7, 11) is 0. The van der Waals surface area contributed by atoms with Gasteiger partial charge in [-0.3, -0.25) is 0 Å². The highest BCUT2D eigenvalue weighted by Crippen LogP contribution is 2.25. The average Bonchev–Trinajstić information content (AvgIpc) is 2.56. The Morgan fingerprint density at radius 3 is 3.07 bits per heavy atom. The van der Waals surface area contributed by atoms with Gasteiger partial charge in [0.15, 0.2) is 0 Å². The van der Waals surface area contributed by atoms with Crippen molar-refractivity contribution in [3.05, 3.63) is 27.7 Å². The molecule has 0 aliphatic heterocycles. The first-order valence-electron chi connectivity index (χ1n) is 4.95. The molecule has 2 rings (SSSR count). The molecular weight excluding hydrogens is 272 g/mol. The van der Waals surface area contributed by atoms with Crippen molar-refractivity contribution in [2.75, 3.05) is 0 Å². The summed E-state index contributed by atoms with van der Waals surface area (Å²) in [6, 6.07) is 6.47. The molecular formula is C11H13BrN2S. The van der Waals surface area contributed by atoms with Gasteiger partial charge < -0.3 is 5.73 Å². The largest absolute Gasteiger partial charge is 0.328 e. The van der Waals surface area contributed by atoms with Crippen molar-refractivity contribution in [1.82, 2.24) is 4.98 Å². The van der Waals surface area contributed by atoms with E-state index in [0.29, 0.717) is 0 Å². The molecule has 1 aromatic heterocycles. The Morgan fingerprint density at radius 1 is 1.53 bits per heavy atom. The quantitative estimate of drug-likeness (QED) is 0.939. The molecule has 0 bridgehead atoms. The summed E-state index contributed by atoms with van der Waals surface area (Å²) < 4.78 is 2.33. The topological polar surface area (TPSA) is 38.9 Å². The molecule has 4 heteroatoms. The van der Waals surface area contributed by atoms with Gasteiger partial charge in [0.2, 0.25) is 0 Å². The van der Waals surface area contributed by atoms with Crippen LogP contribution in [0.15, 0.2) is 22.7 Å². The Hall–Kier alpha value is -0.450. The molecule has 0 aliphatic carbocycles. The maximum Gasteiger partial charge on any atom is 0.0939 e. The lowest BCUT2D eigenvalue weighted by molar-refractivity contribution is 0.665. The fourth-order valence-corrected chi connectivity index (χ4v) is 2.72. The fraction of sp³-hybridized carbons (Fsp3) is 0.364. The maximum absolute atomic E-state index is 5.73. The van der Waals surface area contributed by atoms with E-state index in [-0.39, 0.29) is 6.04 Å².